The van der Waals surface area contributed by atoms with Crippen LogP contribution in [0, 0.1) is 5.82 Å². The molecule has 0 heterocycles. The number of anilines is 2. The van der Waals surface area contributed by atoms with Crippen molar-refractivity contribution in [1.82, 2.24) is 0 Å². The number of nitrogens with one attached hydrogen (secondary N) is 1. The molecule has 0 amide bonds. The first-order chi connectivity index (χ1) is 9.11. The van der Waals surface area contributed by atoms with E-state index in [4.69, 9.17) is 10.5 Å². The lowest BCUT2D eigenvalue weighted by Gasteiger charge is -2.17. The summed E-state index contributed by atoms with van der Waals surface area (Å²) in [6.45, 7) is 1.99. The average Bonchev–Trinajstić information content (AvgIpc) is 2.44. The van der Waals surface area contributed by atoms with Crippen LogP contribution < -0.4 is 15.8 Å². The van der Waals surface area contributed by atoms with Crippen LogP contribution >= 0.6 is 0 Å². The number of hydrogen-bond acceptors (Lipinski definition) is 3. The number of methoxy groups -OCH3 is 1. The molecule has 100 valence electrons. The van der Waals surface area contributed by atoms with Crippen LogP contribution in [0.2, 0.25) is 0 Å². The molecule has 0 bridgehead atoms. The molecule has 0 fully saturated rings. The van der Waals surface area contributed by atoms with Crippen molar-refractivity contribution in [3.8, 4) is 5.75 Å². The molecule has 2 aromatic carbocycles. The van der Waals surface area contributed by atoms with E-state index in [1.807, 2.05) is 31.2 Å². The Morgan fingerprint density at radius 2 is 1.84 bits per heavy atom. The molecule has 0 aliphatic heterocycles. The minimum atomic E-state index is -0.410. The van der Waals surface area contributed by atoms with Crippen molar-refractivity contribution in [2.24, 2.45) is 0 Å². The maximum atomic E-state index is 13.3. The second kappa shape index (κ2) is 5.61. The summed E-state index contributed by atoms with van der Waals surface area (Å²) in [6.07, 6.45) is 0. The smallest absolute Gasteiger partial charge is 0.148 e. The summed E-state index contributed by atoms with van der Waals surface area (Å²) >= 11 is 0. The Balaban J connectivity index is 2.15. The van der Waals surface area contributed by atoms with Crippen molar-refractivity contribution >= 4 is 11.4 Å². The number of benzene rings is 2. The Kier molecular flexibility index (Phi) is 3.90. The van der Waals surface area contributed by atoms with Gasteiger partial charge in [-0.1, -0.05) is 18.2 Å². The minimum absolute atomic E-state index is 0.0232. The predicted octanol–water partition coefficient (Wildman–Crippen LogP) is 3.59. The summed E-state index contributed by atoms with van der Waals surface area (Å²) in [6, 6.07) is 12.5. The van der Waals surface area contributed by atoms with E-state index in [2.05, 4.69) is 5.32 Å². The van der Waals surface area contributed by atoms with Crippen molar-refractivity contribution in [1.29, 1.82) is 0 Å². The molecule has 0 aliphatic rings. The Hall–Kier alpha value is -2.23. The van der Waals surface area contributed by atoms with Gasteiger partial charge in [0.2, 0.25) is 0 Å². The first-order valence-corrected chi connectivity index (χ1v) is 6.06. The summed E-state index contributed by atoms with van der Waals surface area (Å²) in [7, 11) is 1.63. The quantitative estimate of drug-likeness (QED) is 0.826. The van der Waals surface area contributed by atoms with Crippen LogP contribution in [0.5, 0.6) is 5.75 Å². The minimum Gasteiger partial charge on any atom is -0.497 e. The SMILES string of the molecule is COc1ccc(C(C)Nc2cccc(F)c2N)cc1. The van der Waals surface area contributed by atoms with Crippen molar-refractivity contribution < 1.29 is 9.13 Å². The van der Waals surface area contributed by atoms with Gasteiger partial charge in [-0.15, -0.1) is 0 Å². The van der Waals surface area contributed by atoms with Crippen molar-refractivity contribution in [2.75, 3.05) is 18.2 Å². The summed E-state index contributed by atoms with van der Waals surface area (Å²) in [5.41, 5.74) is 7.51. The lowest BCUT2D eigenvalue weighted by Crippen LogP contribution is -2.09. The fourth-order valence-corrected chi connectivity index (χ4v) is 1.87. The van der Waals surface area contributed by atoms with E-state index in [0.29, 0.717) is 5.69 Å². The summed E-state index contributed by atoms with van der Waals surface area (Å²) in [5.74, 6) is 0.396. The Bertz CT molecular complexity index is 555. The molecule has 3 N–H and O–H groups in total. The zero-order valence-electron chi connectivity index (χ0n) is 11.0. The molecule has 0 saturated heterocycles. The fraction of sp³-hybridized carbons (Fsp3) is 0.200. The van der Waals surface area contributed by atoms with Crippen molar-refractivity contribution in [2.45, 2.75) is 13.0 Å². The normalized spacial score (nSPS) is 11.9. The standard InChI is InChI=1S/C15H17FN2O/c1-10(11-6-8-12(19-2)9-7-11)18-14-5-3-4-13(16)15(14)17/h3-10,18H,17H2,1-2H3. The number of ether oxygens (including phenoxy) is 1. The molecular weight excluding hydrogens is 243 g/mol. The van der Waals surface area contributed by atoms with E-state index in [1.54, 1.807) is 19.2 Å². The van der Waals surface area contributed by atoms with E-state index in [0.717, 1.165) is 11.3 Å². The highest BCUT2D eigenvalue weighted by molar-refractivity contribution is 5.67. The maximum Gasteiger partial charge on any atom is 0.148 e. The molecule has 0 saturated carbocycles. The highest BCUT2D eigenvalue weighted by Gasteiger charge is 2.09. The third kappa shape index (κ3) is 2.96. The fourth-order valence-electron chi connectivity index (χ4n) is 1.87. The Morgan fingerprint density at radius 1 is 1.16 bits per heavy atom. The summed E-state index contributed by atoms with van der Waals surface area (Å²) in [5, 5.41) is 3.20. The number of para-hydroxylation sites is 1. The third-order valence-corrected chi connectivity index (χ3v) is 3.04. The van der Waals surface area contributed by atoms with Crippen molar-refractivity contribution in [3.63, 3.8) is 0 Å². The molecule has 2 aromatic rings. The molecule has 0 spiro atoms. The van der Waals surface area contributed by atoms with Crippen LogP contribution in [0.4, 0.5) is 15.8 Å². The molecule has 2 rings (SSSR count). The van der Waals surface area contributed by atoms with Crippen LogP contribution in [-0.4, -0.2) is 7.11 Å². The van der Waals surface area contributed by atoms with Gasteiger partial charge < -0.3 is 15.8 Å². The molecule has 3 nitrogen and oxygen atoms in total. The molecule has 0 aromatic heterocycles. The number of nitrogens with two attached hydrogens (primary N) is 1. The van der Waals surface area contributed by atoms with Gasteiger partial charge in [-0.2, -0.15) is 0 Å². The second-order valence-corrected chi connectivity index (χ2v) is 4.34. The highest BCUT2D eigenvalue weighted by atomic mass is 19.1. The van der Waals surface area contributed by atoms with Gasteiger partial charge >= 0.3 is 0 Å². The van der Waals surface area contributed by atoms with Crippen LogP contribution in [0.1, 0.15) is 18.5 Å². The van der Waals surface area contributed by atoms with Gasteiger partial charge in [0.05, 0.1) is 18.5 Å². The molecule has 19 heavy (non-hydrogen) atoms. The van der Waals surface area contributed by atoms with Gasteiger partial charge in [0.25, 0.3) is 0 Å². The number of halogens is 1. The monoisotopic (exact) mass is 260 g/mol. The molecule has 4 heteroatoms. The van der Waals surface area contributed by atoms with E-state index >= 15 is 0 Å². The zero-order valence-corrected chi connectivity index (χ0v) is 11.0. The lowest BCUT2D eigenvalue weighted by atomic mass is 10.1. The van der Waals surface area contributed by atoms with Crippen LogP contribution in [0.15, 0.2) is 42.5 Å². The molecule has 0 aliphatic carbocycles. The van der Waals surface area contributed by atoms with E-state index in [-0.39, 0.29) is 11.7 Å². The number of hydrogen-bond donors (Lipinski definition) is 2. The van der Waals surface area contributed by atoms with Gasteiger partial charge in [-0.05, 0) is 36.8 Å². The second-order valence-electron chi connectivity index (χ2n) is 4.34. The highest BCUT2D eigenvalue weighted by Crippen LogP contribution is 2.26. The van der Waals surface area contributed by atoms with Gasteiger partial charge in [0.15, 0.2) is 0 Å². The Morgan fingerprint density at radius 3 is 2.47 bits per heavy atom. The number of nitrogen functional groups attached to an aromatic ring is 1. The largest absolute Gasteiger partial charge is 0.497 e. The lowest BCUT2D eigenvalue weighted by molar-refractivity contribution is 0.414. The first-order valence-electron chi connectivity index (χ1n) is 6.06. The van der Waals surface area contributed by atoms with Crippen LogP contribution in [0.25, 0.3) is 0 Å². The summed E-state index contributed by atoms with van der Waals surface area (Å²) in [4.78, 5) is 0. The zero-order chi connectivity index (χ0) is 13.8. The van der Waals surface area contributed by atoms with E-state index < -0.39 is 5.82 Å². The van der Waals surface area contributed by atoms with Crippen LogP contribution in [-0.2, 0) is 0 Å². The molecule has 1 unspecified atom stereocenters. The predicted molar refractivity (Wildman–Crippen MR) is 75.8 cm³/mol. The topological polar surface area (TPSA) is 47.3 Å². The van der Waals surface area contributed by atoms with Crippen molar-refractivity contribution in [3.05, 3.63) is 53.8 Å². The maximum absolute atomic E-state index is 13.3. The average molecular weight is 260 g/mol. The van der Waals surface area contributed by atoms with Gasteiger partial charge in [-0.3, -0.25) is 0 Å². The molecule has 1 atom stereocenters. The van der Waals surface area contributed by atoms with Crippen LogP contribution in [0.3, 0.4) is 0 Å². The summed E-state index contributed by atoms with van der Waals surface area (Å²) < 4.78 is 18.5. The van der Waals surface area contributed by atoms with Gasteiger partial charge in [0, 0.05) is 6.04 Å². The Labute approximate surface area is 112 Å². The molecule has 0 radical (unpaired) electrons. The van der Waals surface area contributed by atoms with Gasteiger partial charge in [-0.25, -0.2) is 4.39 Å². The van der Waals surface area contributed by atoms with Gasteiger partial charge in [0.1, 0.15) is 11.6 Å². The first kappa shape index (κ1) is 13.2. The van der Waals surface area contributed by atoms with E-state index in [1.165, 1.54) is 6.07 Å². The third-order valence-electron chi connectivity index (χ3n) is 3.04. The van der Waals surface area contributed by atoms with E-state index in [9.17, 15) is 4.39 Å². The molecular formula is C15H17FN2O. The number of rotatable bonds is 4.